The fourth-order valence-corrected chi connectivity index (χ4v) is 8.41. The molecule has 0 aromatic heterocycles. The zero-order valence-corrected chi connectivity index (χ0v) is 15.9. The summed E-state index contributed by atoms with van der Waals surface area (Å²) >= 11 is 0. The minimum atomic E-state index is -0.173. The molecule has 0 aliphatic heterocycles. The lowest BCUT2D eigenvalue weighted by Gasteiger charge is -2.73. The highest BCUT2D eigenvalue weighted by molar-refractivity contribution is 5.77. The number of hydrogen-bond acceptors (Lipinski definition) is 2. The Labute approximate surface area is 162 Å². The van der Waals surface area contributed by atoms with E-state index in [1.54, 1.807) is 0 Å². The third-order valence-electron chi connectivity index (χ3n) is 9.26. The summed E-state index contributed by atoms with van der Waals surface area (Å²) in [6.45, 7) is 0.515. The molecule has 7 aliphatic carbocycles. The summed E-state index contributed by atoms with van der Waals surface area (Å²) in [6.07, 6.45) is 13.7. The number of rotatable bonds is 4. The molecule has 1 aromatic carbocycles. The summed E-state index contributed by atoms with van der Waals surface area (Å²) in [5.74, 6) is 7.92. The summed E-state index contributed by atoms with van der Waals surface area (Å²) in [4.78, 5) is 13.2. The van der Waals surface area contributed by atoms with Gasteiger partial charge in [0.2, 0.25) is 0 Å². The quantitative estimate of drug-likeness (QED) is 0.584. The average Bonchev–Trinajstić information content (AvgIpc) is 2.72. The Hall–Kier alpha value is -1.75. The Kier molecular flexibility index (Phi) is 3.25. The molecule has 140 valence electrons. The van der Waals surface area contributed by atoms with Gasteiger partial charge >= 0.3 is 5.97 Å². The zero-order valence-electron chi connectivity index (χ0n) is 15.9. The fraction of sp³-hybridized carbons (Fsp3) is 0.640. The largest absolute Gasteiger partial charge is 0.465 e. The number of benzene rings is 1. The molecule has 0 spiro atoms. The summed E-state index contributed by atoms with van der Waals surface area (Å²) < 4.78 is 5.87. The molecule has 7 fully saturated rings. The van der Waals surface area contributed by atoms with E-state index in [1.165, 1.54) is 24.8 Å². The number of carbonyl (C=O) groups is 1. The van der Waals surface area contributed by atoms with Gasteiger partial charge in [-0.05, 0) is 79.6 Å². The summed E-state index contributed by atoms with van der Waals surface area (Å²) in [7, 11) is 0. The first-order chi connectivity index (χ1) is 13.1. The Bertz CT molecular complexity index is 753. The number of terminal acetylenes is 1. The normalized spacial score (nSPS) is 47.8. The maximum absolute atomic E-state index is 13.2. The van der Waals surface area contributed by atoms with Crippen molar-refractivity contribution in [1.82, 2.24) is 0 Å². The molecule has 8 bridgehead atoms. The van der Waals surface area contributed by atoms with E-state index in [-0.39, 0.29) is 16.8 Å². The molecule has 2 nitrogen and oxygen atoms in total. The maximum Gasteiger partial charge on any atom is 0.312 e. The van der Waals surface area contributed by atoms with Gasteiger partial charge in [0.1, 0.15) is 0 Å². The van der Waals surface area contributed by atoms with E-state index < -0.39 is 0 Å². The predicted molar refractivity (Wildman–Crippen MR) is 103 cm³/mol. The second kappa shape index (κ2) is 5.40. The van der Waals surface area contributed by atoms with Crippen molar-refractivity contribution in [2.24, 2.45) is 46.3 Å². The highest BCUT2D eigenvalue weighted by Crippen LogP contribution is 2.76. The Morgan fingerprint density at radius 1 is 0.926 bits per heavy atom. The van der Waals surface area contributed by atoms with E-state index in [0.29, 0.717) is 6.61 Å². The molecule has 0 heterocycles. The molecule has 8 rings (SSSR count). The second-order valence-corrected chi connectivity index (χ2v) is 10.3. The van der Waals surface area contributed by atoms with Crippen LogP contribution in [0.4, 0.5) is 0 Å². The average molecular weight is 360 g/mol. The van der Waals surface area contributed by atoms with Crippen LogP contribution in [0.25, 0.3) is 0 Å². The van der Waals surface area contributed by atoms with E-state index in [4.69, 9.17) is 11.2 Å². The monoisotopic (exact) mass is 360 g/mol. The molecular weight excluding hydrogens is 332 g/mol. The van der Waals surface area contributed by atoms with Crippen LogP contribution in [0.5, 0.6) is 0 Å². The van der Waals surface area contributed by atoms with E-state index >= 15 is 0 Å². The highest BCUT2D eigenvalue weighted by atomic mass is 16.5. The van der Waals surface area contributed by atoms with Crippen LogP contribution in [0.2, 0.25) is 0 Å². The van der Waals surface area contributed by atoms with Gasteiger partial charge < -0.3 is 4.74 Å². The van der Waals surface area contributed by atoms with Crippen molar-refractivity contribution in [3.05, 3.63) is 35.9 Å². The molecule has 7 aliphatic rings. The van der Waals surface area contributed by atoms with E-state index in [1.807, 2.05) is 18.2 Å². The molecule has 0 N–H and O–H groups in total. The third-order valence-corrected chi connectivity index (χ3v) is 9.26. The van der Waals surface area contributed by atoms with Crippen LogP contribution in [0.15, 0.2) is 30.3 Å². The Morgan fingerprint density at radius 2 is 1.44 bits per heavy atom. The molecule has 7 saturated carbocycles. The van der Waals surface area contributed by atoms with E-state index in [0.717, 1.165) is 61.2 Å². The maximum atomic E-state index is 13.2. The van der Waals surface area contributed by atoms with Gasteiger partial charge in [0.15, 0.2) is 0 Å². The van der Waals surface area contributed by atoms with Crippen molar-refractivity contribution in [3.63, 3.8) is 0 Å². The predicted octanol–water partition coefficient (Wildman–Crippen LogP) is 4.48. The van der Waals surface area contributed by atoms with Crippen LogP contribution >= 0.6 is 0 Å². The van der Waals surface area contributed by atoms with Crippen LogP contribution in [0, 0.1) is 58.7 Å². The van der Waals surface area contributed by atoms with Gasteiger partial charge in [0.05, 0.1) is 12.0 Å². The first kappa shape index (κ1) is 16.2. The SMILES string of the molecule is C#CC12CC3C4CC5(C(=O)OCCc6ccccc6)CC3C(C1)C(C5)C4C2. The Morgan fingerprint density at radius 3 is 1.96 bits per heavy atom. The lowest BCUT2D eigenvalue weighted by Crippen LogP contribution is -2.68. The minimum Gasteiger partial charge on any atom is -0.465 e. The van der Waals surface area contributed by atoms with Crippen molar-refractivity contribution >= 4 is 5.97 Å². The summed E-state index contributed by atoms with van der Waals surface area (Å²) in [5.41, 5.74) is 1.27. The lowest BCUT2D eigenvalue weighted by atomic mass is 9.30. The first-order valence-electron chi connectivity index (χ1n) is 10.8. The minimum absolute atomic E-state index is 0.109. The van der Waals surface area contributed by atoms with Gasteiger partial charge in [-0.15, -0.1) is 6.42 Å². The van der Waals surface area contributed by atoms with Gasteiger partial charge in [0, 0.05) is 11.8 Å². The summed E-state index contributed by atoms with van der Waals surface area (Å²) in [5, 5.41) is 0. The third kappa shape index (κ3) is 2.12. The van der Waals surface area contributed by atoms with E-state index in [2.05, 4.69) is 18.1 Å². The molecule has 0 radical (unpaired) electrons. The molecule has 2 heteroatoms. The van der Waals surface area contributed by atoms with Crippen molar-refractivity contribution in [2.75, 3.05) is 6.61 Å². The lowest BCUT2D eigenvalue weighted by molar-refractivity contribution is -0.249. The van der Waals surface area contributed by atoms with Gasteiger partial charge in [-0.25, -0.2) is 0 Å². The van der Waals surface area contributed by atoms with Gasteiger partial charge in [0.25, 0.3) is 0 Å². The molecule has 0 amide bonds. The van der Waals surface area contributed by atoms with Gasteiger partial charge in [-0.3, -0.25) is 4.79 Å². The zero-order chi connectivity index (χ0) is 18.2. The first-order valence-corrected chi connectivity index (χ1v) is 10.8. The molecular formula is C25H28O2. The standard InChI is InChI=1S/C25H28O2/c1-2-24-10-17-20-13-25(23(26)27-9-8-16-6-4-3-5-7-16)14-21(17)19(12-24)22(15-25)18(20)11-24/h1,3-7,17-22H,8-15H2. The number of hydrogen-bond donors (Lipinski definition) is 0. The van der Waals surface area contributed by atoms with Gasteiger partial charge in [-0.2, -0.15) is 0 Å². The Balaban J connectivity index is 1.19. The molecule has 27 heavy (non-hydrogen) atoms. The molecule has 0 saturated heterocycles. The second-order valence-electron chi connectivity index (χ2n) is 10.3. The smallest absolute Gasteiger partial charge is 0.312 e. The van der Waals surface area contributed by atoms with Crippen LogP contribution in [-0.4, -0.2) is 12.6 Å². The van der Waals surface area contributed by atoms with Gasteiger partial charge in [-0.1, -0.05) is 36.3 Å². The van der Waals surface area contributed by atoms with Crippen molar-refractivity contribution < 1.29 is 9.53 Å². The number of carbonyl (C=O) groups excluding carboxylic acids is 1. The van der Waals surface area contributed by atoms with E-state index in [9.17, 15) is 4.79 Å². The van der Waals surface area contributed by atoms with Crippen LogP contribution in [-0.2, 0) is 16.0 Å². The highest BCUT2D eigenvalue weighted by Gasteiger charge is 2.71. The number of esters is 1. The van der Waals surface area contributed by atoms with Crippen LogP contribution < -0.4 is 0 Å². The molecule has 1 aromatic rings. The number of ether oxygens (including phenoxy) is 1. The summed E-state index contributed by atoms with van der Waals surface area (Å²) in [6, 6.07) is 10.3. The van der Waals surface area contributed by atoms with Crippen LogP contribution in [0.3, 0.4) is 0 Å². The molecule has 0 unspecified atom stereocenters. The van der Waals surface area contributed by atoms with Crippen molar-refractivity contribution in [2.45, 2.75) is 44.9 Å². The van der Waals surface area contributed by atoms with Crippen molar-refractivity contribution in [1.29, 1.82) is 0 Å². The van der Waals surface area contributed by atoms with Crippen LogP contribution in [0.1, 0.15) is 44.1 Å². The fourth-order valence-electron chi connectivity index (χ4n) is 8.41. The molecule has 0 atom stereocenters. The topological polar surface area (TPSA) is 26.3 Å². The van der Waals surface area contributed by atoms with Crippen molar-refractivity contribution in [3.8, 4) is 12.3 Å².